The Morgan fingerprint density at radius 1 is 0.929 bits per heavy atom. The van der Waals surface area contributed by atoms with Crippen LogP contribution in [0.2, 0.25) is 0 Å². The van der Waals surface area contributed by atoms with Crippen molar-refractivity contribution in [3.63, 3.8) is 0 Å². The summed E-state index contributed by atoms with van der Waals surface area (Å²) >= 11 is 0. The molecular formula is C22H18FN3O2. The lowest BCUT2D eigenvalue weighted by atomic mass is 10.1. The number of hydrogen-bond donors (Lipinski definition) is 3. The average Bonchev–Trinajstić information content (AvgIpc) is 3.04. The van der Waals surface area contributed by atoms with Gasteiger partial charge in [-0.15, -0.1) is 0 Å². The van der Waals surface area contributed by atoms with Gasteiger partial charge in [-0.2, -0.15) is 0 Å². The molecule has 4 rings (SSSR count). The molecule has 6 heteroatoms. The zero-order valence-electron chi connectivity index (χ0n) is 14.9. The van der Waals surface area contributed by atoms with E-state index in [2.05, 4.69) is 22.8 Å². The number of halogens is 1. The molecule has 1 aliphatic rings. The SMILES string of the molecule is NC(=O)[C@@H](NC(=O)Nc1ccc2c(c1)Cc1ccccc1-2)c1ccc(F)cc1. The van der Waals surface area contributed by atoms with Gasteiger partial charge >= 0.3 is 6.03 Å². The summed E-state index contributed by atoms with van der Waals surface area (Å²) in [7, 11) is 0. The van der Waals surface area contributed by atoms with E-state index < -0.39 is 23.8 Å². The van der Waals surface area contributed by atoms with Gasteiger partial charge in [0.1, 0.15) is 11.9 Å². The van der Waals surface area contributed by atoms with E-state index in [-0.39, 0.29) is 0 Å². The molecule has 0 heterocycles. The minimum atomic E-state index is -1.06. The highest BCUT2D eigenvalue weighted by atomic mass is 19.1. The Labute approximate surface area is 161 Å². The lowest BCUT2D eigenvalue weighted by molar-refractivity contribution is -0.119. The highest BCUT2D eigenvalue weighted by Gasteiger charge is 2.21. The maximum absolute atomic E-state index is 13.1. The Bertz CT molecular complexity index is 1060. The number of nitrogens with one attached hydrogen (secondary N) is 2. The molecule has 3 aromatic carbocycles. The van der Waals surface area contributed by atoms with Gasteiger partial charge in [0.25, 0.3) is 0 Å². The molecule has 1 aliphatic carbocycles. The number of urea groups is 1. The second-order valence-corrected chi connectivity index (χ2v) is 6.69. The molecule has 28 heavy (non-hydrogen) atoms. The first kappa shape index (κ1) is 17.7. The molecule has 140 valence electrons. The summed E-state index contributed by atoms with van der Waals surface area (Å²) in [6.07, 6.45) is 0.808. The molecule has 0 aliphatic heterocycles. The molecule has 1 atom stereocenters. The lowest BCUT2D eigenvalue weighted by Gasteiger charge is -2.17. The third-order valence-electron chi connectivity index (χ3n) is 4.81. The van der Waals surface area contributed by atoms with Crippen LogP contribution in [0.25, 0.3) is 11.1 Å². The van der Waals surface area contributed by atoms with E-state index in [0.29, 0.717) is 11.3 Å². The summed E-state index contributed by atoms with van der Waals surface area (Å²) < 4.78 is 13.1. The largest absolute Gasteiger partial charge is 0.368 e. The van der Waals surface area contributed by atoms with Gasteiger partial charge in [0.2, 0.25) is 5.91 Å². The number of fused-ring (bicyclic) bond motifs is 3. The number of carbonyl (C=O) groups excluding carboxylic acids is 2. The van der Waals surface area contributed by atoms with Crippen LogP contribution in [0.5, 0.6) is 0 Å². The van der Waals surface area contributed by atoms with Gasteiger partial charge in [-0.1, -0.05) is 42.5 Å². The number of hydrogen-bond acceptors (Lipinski definition) is 2. The molecule has 0 unspecified atom stereocenters. The minimum Gasteiger partial charge on any atom is -0.368 e. The Morgan fingerprint density at radius 3 is 2.39 bits per heavy atom. The van der Waals surface area contributed by atoms with E-state index >= 15 is 0 Å². The highest BCUT2D eigenvalue weighted by Crippen LogP contribution is 2.37. The van der Waals surface area contributed by atoms with E-state index in [1.54, 1.807) is 0 Å². The van der Waals surface area contributed by atoms with E-state index in [9.17, 15) is 14.0 Å². The third-order valence-corrected chi connectivity index (χ3v) is 4.81. The van der Waals surface area contributed by atoms with E-state index in [1.807, 2.05) is 30.3 Å². The lowest BCUT2D eigenvalue weighted by Crippen LogP contribution is -2.39. The summed E-state index contributed by atoms with van der Waals surface area (Å²) in [6.45, 7) is 0. The van der Waals surface area contributed by atoms with Gasteiger partial charge in [0.05, 0.1) is 0 Å². The molecule has 0 aromatic heterocycles. The molecule has 0 bridgehead atoms. The molecule has 3 aromatic rings. The molecule has 5 nitrogen and oxygen atoms in total. The number of anilines is 1. The van der Waals surface area contributed by atoms with Crippen molar-refractivity contribution in [1.82, 2.24) is 5.32 Å². The fraction of sp³-hybridized carbons (Fsp3) is 0.0909. The number of rotatable bonds is 4. The Hall–Kier alpha value is -3.67. The van der Waals surface area contributed by atoms with Crippen molar-refractivity contribution in [3.05, 3.63) is 89.2 Å². The molecule has 3 amide bonds. The van der Waals surface area contributed by atoms with Gasteiger partial charge in [0, 0.05) is 5.69 Å². The van der Waals surface area contributed by atoms with Crippen LogP contribution >= 0.6 is 0 Å². The standard InChI is InChI=1S/C22H18FN3O2/c23-16-7-5-13(6-8-16)20(21(24)27)26-22(28)25-17-9-10-19-15(12-17)11-14-3-1-2-4-18(14)19/h1-10,12,20H,11H2,(H2,24,27)(H2,25,26,28)/t20-/m0/s1. The van der Waals surface area contributed by atoms with Crippen LogP contribution in [0.4, 0.5) is 14.9 Å². The van der Waals surface area contributed by atoms with Crippen LogP contribution < -0.4 is 16.4 Å². The maximum Gasteiger partial charge on any atom is 0.320 e. The number of benzene rings is 3. The summed E-state index contributed by atoms with van der Waals surface area (Å²) in [5.41, 5.74) is 11.2. The number of amides is 3. The Kier molecular flexibility index (Phi) is 4.53. The quantitative estimate of drug-likeness (QED) is 0.508. The van der Waals surface area contributed by atoms with Crippen molar-refractivity contribution in [2.75, 3.05) is 5.32 Å². The second-order valence-electron chi connectivity index (χ2n) is 6.69. The van der Waals surface area contributed by atoms with Crippen LogP contribution in [0, 0.1) is 5.82 Å². The van der Waals surface area contributed by atoms with Crippen molar-refractivity contribution in [2.24, 2.45) is 5.73 Å². The molecule has 0 radical (unpaired) electrons. The summed E-state index contributed by atoms with van der Waals surface area (Å²) in [5.74, 6) is -1.17. The van der Waals surface area contributed by atoms with E-state index in [4.69, 9.17) is 5.73 Å². The normalized spacial score (nSPS) is 12.6. The van der Waals surface area contributed by atoms with Gasteiger partial charge in [-0.05, 0) is 58.5 Å². The first-order valence-electron chi connectivity index (χ1n) is 8.85. The summed E-state index contributed by atoms with van der Waals surface area (Å²) in [5, 5.41) is 5.27. The molecule has 0 saturated carbocycles. The third kappa shape index (κ3) is 3.44. The van der Waals surface area contributed by atoms with Crippen LogP contribution in [0.15, 0.2) is 66.7 Å². The fourth-order valence-corrected chi connectivity index (χ4v) is 3.50. The zero-order valence-corrected chi connectivity index (χ0v) is 14.9. The van der Waals surface area contributed by atoms with Gasteiger partial charge < -0.3 is 16.4 Å². The molecule has 4 N–H and O–H groups in total. The number of nitrogens with two attached hydrogens (primary N) is 1. The minimum absolute atomic E-state index is 0.411. The molecular weight excluding hydrogens is 357 g/mol. The fourth-order valence-electron chi connectivity index (χ4n) is 3.50. The second kappa shape index (κ2) is 7.15. The monoisotopic (exact) mass is 375 g/mol. The summed E-state index contributed by atoms with van der Waals surface area (Å²) in [4.78, 5) is 24.1. The van der Waals surface area contributed by atoms with Gasteiger partial charge in [-0.25, -0.2) is 9.18 Å². The van der Waals surface area contributed by atoms with Gasteiger partial charge in [0.15, 0.2) is 0 Å². The van der Waals surface area contributed by atoms with Crippen LogP contribution in [0.3, 0.4) is 0 Å². The Balaban J connectivity index is 1.48. The predicted octanol–water partition coefficient (Wildman–Crippen LogP) is 3.75. The molecule has 0 spiro atoms. The van der Waals surface area contributed by atoms with E-state index in [0.717, 1.165) is 17.5 Å². The first-order chi connectivity index (χ1) is 13.5. The van der Waals surface area contributed by atoms with Crippen molar-refractivity contribution < 1.29 is 14.0 Å². The maximum atomic E-state index is 13.1. The average molecular weight is 375 g/mol. The van der Waals surface area contributed by atoms with Crippen molar-refractivity contribution in [3.8, 4) is 11.1 Å². The van der Waals surface area contributed by atoms with Crippen molar-refractivity contribution >= 4 is 17.6 Å². The first-order valence-corrected chi connectivity index (χ1v) is 8.85. The van der Waals surface area contributed by atoms with Crippen LogP contribution in [0.1, 0.15) is 22.7 Å². The summed E-state index contributed by atoms with van der Waals surface area (Å²) in [6, 6.07) is 17.5. The van der Waals surface area contributed by atoms with Gasteiger partial charge in [-0.3, -0.25) is 4.79 Å². The van der Waals surface area contributed by atoms with Crippen LogP contribution in [-0.2, 0) is 11.2 Å². The highest BCUT2D eigenvalue weighted by molar-refractivity contribution is 5.94. The smallest absolute Gasteiger partial charge is 0.320 e. The van der Waals surface area contributed by atoms with Crippen molar-refractivity contribution in [2.45, 2.75) is 12.5 Å². The van der Waals surface area contributed by atoms with Crippen LogP contribution in [-0.4, -0.2) is 11.9 Å². The number of primary amides is 1. The topological polar surface area (TPSA) is 84.2 Å². The Morgan fingerprint density at radius 2 is 1.64 bits per heavy atom. The molecule has 0 saturated heterocycles. The number of carbonyl (C=O) groups is 2. The zero-order chi connectivity index (χ0) is 19.7. The van der Waals surface area contributed by atoms with Crippen molar-refractivity contribution in [1.29, 1.82) is 0 Å². The predicted molar refractivity (Wildman–Crippen MR) is 105 cm³/mol. The van der Waals surface area contributed by atoms with E-state index in [1.165, 1.54) is 35.4 Å². The molecule has 0 fully saturated rings.